The molecule has 0 unspecified atom stereocenters. The fourth-order valence-corrected chi connectivity index (χ4v) is 3.18. The minimum Gasteiger partial charge on any atom is -0.497 e. The number of carbonyl (C=O) groups excluding carboxylic acids is 1. The van der Waals surface area contributed by atoms with Crippen molar-refractivity contribution in [2.24, 2.45) is 0 Å². The molecule has 120 valence electrons. The van der Waals surface area contributed by atoms with Crippen LogP contribution in [0.3, 0.4) is 0 Å². The van der Waals surface area contributed by atoms with Gasteiger partial charge >= 0.3 is 0 Å². The topological polar surface area (TPSA) is 42.4 Å². The number of hydrogen-bond donors (Lipinski definition) is 0. The van der Waals surface area contributed by atoms with Crippen LogP contribution < -0.4 is 4.74 Å². The van der Waals surface area contributed by atoms with Crippen molar-refractivity contribution in [3.63, 3.8) is 0 Å². The molecule has 1 aromatic carbocycles. The Morgan fingerprint density at radius 3 is 2.52 bits per heavy atom. The number of nitrogens with zero attached hydrogens (tertiary/aromatic N) is 2. The molecule has 4 heteroatoms. The summed E-state index contributed by atoms with van der Waals surface area (Å²) in [6.07, 6.45) is 7.73. The summed E-state index contributed by atoms with van der Waals surface area (Å²) in [4.78, 5) is 19.0. The Labute approximate surface area is 137 Å². The van der Waals surface area contributed by atoms with Crippen LogP contribution in [0.5, 0.6) is 5.75 Å². The fraction of sp³-hybridized carbons (Fsp3) is 0.368. The van der Waals surface area contributed by atoms with Gasteiger partial charge in [0.2, 0.25) is 0 Å². The van der Waals surface area contributed by atoms with Gasteiger partial charge < -0.3 is 9.64 Å². The van der Waals surface area contributed by atoms with E-state index >= 15 is 0 Å². The van der Waals surface area contributed by atoms with Crippen LogP contribution in [0.1, 0.15) is 47.6 Å². The molecule has 2 heterocycles. The van der Waals surface area contributed by atoms with Gasteiger partial charge in [0.15, 0.2) is 0 Å². The summed E-state index contributed by atoms with van der Waals surface area (Å²) in [6.45, 7) is 0.803. The fourth-order valence-electron chi connectivity index (χ4n) is 3.18. The average Bonchev–Trinajstić information content (AvgIpc) is 2.88. The van der Waals surface area contributed by atoms with Crippen molar-refractivity contribution in [1.82, 2.24) is 9.88 Å². The quantitative estimate of drug-likeness (QED) is 0.865. The molecule has 0 radical (unpaired) electrons. The highest BCUT2D eigenvalue weighted by Gasteiger charge is 2.27. The van der Waals surface area contributed by atoms with Crippen molar-refractivity contribution in [3.05, 3.63) is 59.9 Å². The molecule has 1 atom stereocenters. The van der Waals surface area contributed by atoms with Crippen LogP contribution in [0.2, 0.25) is 0 Å². The van der Waals surface area contributed by atoms with Crippen LogP contribution in [-0.2, 0) is 0 Å². The number of benzene rings is 1. The van der Waals surface area contributed by atoms with Gasteiger partial charge in [-0.15, -0.1) is 0 Å². The van der Waals surface area contributed by atoms with Gasteiger partial charge in [-0.2, -0.15) is 0 Å². The first-order valence-electron chi connectivity index (χ1n) is 8.14. The van der Waals surface area contributed by atoms with E-state index in [1.165, 1.54) is 12.0 Å². The Kier molecular flexibility index (Phi) is 4.91. The van der Waals surface area contributed by atoms with E-state index in [4.69, 9.17) is 4.74 Å². The van der Waals surface area contributed by atoms with Crippen molar-refractivity contribution < 1.29 is 9.53 Å². The van der Waals surface area contributed by atoms with E-state index in [1.54, 1.807) is 31.6 Å². The smallest absolute Gasteiger partial charge is 0.254 e. The van der Waals surface area contributed by atoms with E-state index in [2.05, 4.69) is 17.1 Å². The van der Waals surface area contributed by atoms with Gasteiger partial charge in [0.25, 0.3) is 5.91 Å². The Morgan fingerprint density at radius 1 is 1.09 bits per heavy atom. The molecule has 1 fully saturated rings. The maximum atomic E-state index is 12.9. The summed E-state index contributed by atoms with van der Waals surface area (Å²) < 4.78 is 5.24. The largest absolute Gasteiger partial charge is 0.497 e. The second kappa shape index (κ2) is 7.27. The normalized spacial score (nSPS) is 18.3. The first-order valence-corrected chi connectivity index (χ1v) is 8.14. The summed E-state index contributed by atoms with van der Waals surface area (Å²) in [5.41, 5.74) is 1.88. The number of rotatable bonds is 3. The number of amides is 1. The van der Waals surface area contributed by atoms with Crippen molar-refractivity contribution in [1.29, 1.82) is 0 Å². The third-order valence-electron chi connectivity index (χ3n) is 4.44. The van der Waals surface area contributed by atoms with E-state index in [1.807, 2.05) is 17.0 Å². The maximum Gasteiger partial charge on any atom is 0.254 e. The monoisotopic (exact) mass is 310 g/mol. The molecule has 0 bridgehead atoms. The van der Waals surface area contributed by atoms with Crippen molar-refractivity contribution >= 4 is 5.91 Å². The molecule has 0 spiro atoms. The Hall–Kier alpha value is -2.36. The van der Waals surface area contributed by atoms with Crippen LogP contribution in [0.4, 0.5) is 0 Å². The molecule has 2 aromatic rings. The zero-order valence-electron chi connectivity index (χ0n) is 13.4. The van der Waals surface area contributed by atoms with E-state index in [9.17, 15) is 4.79 Å². The zero-order chi connectivity index (χ0) is 16.1. The van der Waals surface area contributed by atoms with Crippen LogP contribution in [-0.4, -0.2) is 29.4 Å². The van der Waals surface area contributed by atoms with Gasteiger partial charge in [-0.25, -0.2) is 0 Å². The number of aromatic nitrogens is 1. The van der Waals surface area contributed by atoms with Gasteiger partial charge in [-0.05, 0) is 42.7 Å². The highest BCUT2D eigenvalue weighted by molar-refractivity contribution is 5.94. The van der Waals surface area contributed by atoms with Crippen molar-refractivity contribution in [2.75, 3.05) is 13.7 Å². The Morgan fingerprint density at radius 2 is 1.83 bits per heavy atom. The number of carbonyl (C=O) groups is 1. The summed E-state index contributed by atoms with van der Waals surface area (Å²) in [6, 6.07) is 11.8. The number of methoxy groups -OCH3 is 1. The molecule has 0 N–H and O–H groups in total. The van der Waals surface area contributed by atoms with E-state index in [0.29, 0.717) is 5.56 Å². The van der Waals surface area contributed by atoms with Gasteiger partial charge in [-0.1, -0.05) is 25.0 Å². The summed E-state index contributed by atoms with van der Waals surface area (Å²) in [5, 5.41) is 0. The second-order valence-electron chi connectivity index (χ2n) is 5.87. The molecule has 3 rings (SSSR count). The van der Waals surface area contributed by atoms with Gasteiger partial charge in [-0.3, -0.25) is 9.78 Å². The number of ether oxygens (including phenoxy) is 1. The molecular formula is C19H22N2O2. The van der Waals surface area contributed by atoms with Crippen molar-refractivity contribution in [3.8, 4) is 5.75 Å². The van der Waals surface area contributed by atoms with Gasteiger partial charge in [0, 0.05) is 24.5 Å². The van der Waals surface area contributed by atoms with Gasteiger partial charge in [0.05, 0.1) is 13.2 Å². The third-order valence-corrected chi connectivity index (χ3v) is 4.44. The standard InChI is InChI=1S/C19H22N2O2/c1-23-17-8-6-15(7-9-17)18-5-3-2-4-14-21(18)19(22)16-10-12-20-13-11-16/h6-13,18H,2-5,14H2,1H3/t18-/m0/s1. The second-order valence-corrected chi connectivity index (χ2v) is 5.87. The van der Waals surface area contributed by atoms with Gasteiger partial charge in [0.1, 0.15) is 5.75 Å². The van der Waals surface area contributed by atoms with Crippen LogP contribution in [0.25, 0.3) is 0 Å². The molecular weight excluding hydrogens is 288 g/mol. The minimum atomic E-state index is 0.0927. The average molecular weight is 310 g/mol. The first-order chi connectivity index (χ1) is 11.3. The van der Waals surface area contributed by atoms with Crippen molar-refractivity contribution in [2.45, 2.75) is 31.7 Å². The molecule has 23 heavy (non-hydrogen) atoms. The van der Waals surface area contributed by atoms with Crippen LogP contribution >= 0.6 is 0 Å². The molecule has 1 aliphatic rings. The number of pyridine rings is 1. The summed E-state index contributed by atoms with van der Waals surface area (Å²) in [7, 11) is 1.67. The SMILES string of the molecule is COc1ccc([C@@H]2CCCCCN2C(=O)c2ccncc2)cc1. The van der Waals surface area contributed by atoms with E-state index in [0.717, 1.165) is 31.6 Å². The maximum absolute atomic E-state index is 12.9. The number of hydrogen-bond acceptors (Lipinski definition) is 3. The molecule has 1 aliphatic heterocycles. The van der Waals surface area contributed by atoms with E-state index < -0.39 is 0 Å². The lowest BCUT2D eigenvalue weighted by atomic mass is 10.00. The molecule has 0 saturated carbocycles. The summed E-state index contributed by atoms with van der Waals surface area (Å²) in [5.74, 6) is 0.935. The lowest BCUT2D eigenvalue weighted by molar-refractivity contribution is 0.0681. The summed E-state index contributed by atoms with van der Waals surface area (Å²) >= 11 is 0. The Balaban J connectivity index is 1.89. The lowest BCUT2D eigenvalue weighted by Crippen LogP contribution is -2.34. The first kappa shape index (κ1) is 15.5. The molecule has 1 amide bonds. The zero-order valence-corrected chi connectivity index (χ0v) is 13.4. The highest BCUT2D eigenvalue weighted by atomic mass is 16.5. The minimum absolute atomic E-state index is 0.0927. The van der Waals surface area contributed by atoms with Crippen LogP contribution in [0, 0.1) is 0 Å². The predicted octanol–water partition coefficient (Wildman–Crippen LogP) is 3.85. The number of likely N-dealkylation sites (tertiary alicyclic amines) is 1. The molecule has 4 nitrogen and oxygen atoms in total. The molecule has 1 saturated heterocycles. The van der Waals surface area contributed by atoms with Crippen LogP contribution in [0.15, 0.2) is 48.8 Å². The Bertz CT molecular complexity index is 640. The lowest BCUT2D eigenvalue weighted by Gasteiger charge is -2.30. The molecule has 0 aliphatic carbocycles. The predicted molar refractivity (Wildman–Crippen MR) is 89.5 cm³/mol. The third kappa shape index (κ3) is 3.52. The highest BCUT2D eigenvalue weighted by Crippen LogP contribution is 2.32. The van der Waals surface area contributed by atoms with E-state index in [-0.39, 0.29) is 11.9 Å². The molecule has 1 aromatic heterocycles.